The minimum absolute atomic E-state index is 0.540. The molecule has 1 saturated heterocycles. The van der Waals surface area contributed by atoms with Gasteiger partial charge in [-0.15, -0.1) is 0 Å². The maximum atomic E-state index is 6.99. The molecular formula is C52H42BN3O2. The molecular weight excluding hydrogens is 709 g/mol. The molecule has 58 heavy (non-hydrogen) atoms. The highest BCUT2D eigenvalue weighted by atomic mass is 16.7. The average molecular weight is 752 g/mol. The van der Waals surface area contributed by atoms with E-state index in [9.17, 15) is 0 Å². The van der Waals surface area contributed by atoms with E-state index in [0.717, 1.165) is 38.8 Å². The van der Waals surface area contributed by atoms with Gasteiger partial charge < -0.3 is 9.31 Å². The second-order valence-electron chi connectivity index (χ2n) is 16.2. The van der Waals surface area contributed by atoms with Crippen LogP contribution >= 0.6 is 0 Å². The monoisotopic (exact) mass is 751 g/mol. The lowest BCUT2D eigenvalue weighted by molar-refractivity contribution is 0.00578. The fourth-order valence-electron chi connectivity index (χ4n) is 8.75. The molecule has 0 spiro atoms. The van der Waals surface area contributed by atoms with Crippen molar-refractivity contribution in [3.8, 4) is 56.4 Å². The van der Waals surface area contributed by atoms with Gasteiger partial charge in [0.1, 0.15) is 0 Å². The van der Waals surface area contributed by atoms with Crippen LogP contribution < -0.4 is 5.46 Å². The van der Waals surface area contributed by atoms with Crippen LogP contribution in [0.5, 0.6) is 0 Å². The molecule has 1 aromatic heterocycles. The van der Waals surface area contributed by atoms with Gasteiger partial charge in [0.15, 0.2) is 17.5 Å². The summed E-state index contributed by atoms with van der Waals surface area (Å²) in [6.07, 6.45) is 0. The van der Waals surface area contributed by atoms with Gasteiger partial charge in [0, 0.05) is 16.7 Å². The van der Waals surface area contributed by atoms with Crippen LogP contribution in [0.2, 0.25) is 0 Å². The number of rotatable bonds is 7. The van der Waals surface area contributed by atoms with Crippen molar-refractivity contribution in [3.05, 3.63) is 204 Å². The van der Waals surface area contributed by atoms with E-state index in [1.807, 2.05) is 60.7 Å². The molecule has 0 amide bonds. The first-order chi connectivity index (χ1) is 28.2. The van der Waals surface area contributed by atoms with Crippen molar-refractivity contribution in [3.63, 3.8) is 0 Å². The Hall–Kier alpha value is -6.47. The van der Waals surface area contributed by atoms with Crippen LogP contribution in [-0.4, -0.2) is 33.3 Å². The van der Waals surface area contributed by atoms with Crippen molar-refractivity contribution < 1.29 is 9.31 Å². The lowest BCUT2D eigenvalue weighted by Gasteiger charge is -2.34. The molecule has 0 bridgehead atoms. The molecule has 1 aliphatic carbocycles. The Bertz CT molecular complexity index is 2660. The number of hydrogen-bond acceptors (Lipinski definition) is 5. The Labute approximate surface area is 340 Å². The summed E-state index contributed by atoms with van der Waals surface area (Å²) in [5.41, 5.74) is 11.5. The van der Waals surface area contributed by atoms with E-state index in [2.05, 4.69) is 149 Å². The van der Waals surface area contributed by atoms with Crippen LogP contribution in [0.15, 0.2) is 182 Å². The van der Waals surface area contributed by atoms with Crippen molar-refractivity contribution in [1.82, 2.24) is 15.0 Å². The Balaban J connectivity index is 1.18. The van der Waals surface area contributed by atoms with Gasteiger partial charge in [0.2, 0.25) is 0 Å². The Morgan fingerprint density at radius 2 is 0.793 bits per heavy atom. The summed E-state index contributed by atoms with van der Waals surface area (Å²) in [5.74, 6) is 1.88. The summed E-state index contributed by atoms with van der Waals surface area (Å²) < 4.78 is 14.0. The highest BCUT2D eigenvalue weighted by Gasteiger charge is 2.55. The molecule has 0 atom stereocenters. The zero-order valence-corrected chi connectivity index (χ0v) is 33.1. The third-order valence-electron chi connectivity index (χ3n) is 12.3. The van der Waals surface area contributed by atoms with Gasteiger partial charge in [-0.3, -0.25) is 0 Å². The van der Waals surface area contributed by atoms with Crippen LogP contribution in [-0.2, 0) is 14.7 Å². The van der Waals surface area contributed by atoms with E-state index in [0.29, 0.717) is 17.5 Å². The van der Waals surface area contributed by atoms with Gasteiger partial charge in [-0.05, 0) is 77.7 Å². The molecule has 8 aromatic rings. The standard InChI is InChI=1S/C52H42BN3O2/c1-50(2)51(3,4)58-53(57-50)46-41(33-34-44-45(46)42-27-17-18-28-43(42)52(44,39-23-13-7-14-24-39)40-25-15-8-16-26-40)35-29-31-38(32-30-35)49-55-47(36-19-9-5-10-20-36)54-48(56-49)37-21-11-6-12-22-37/h5-34H,1-4H3. The zero-order chi connectivity index (χ0) is 39.5. The molecule has 5 nitrogen and oxygen atoms in total. The number of aromatic nitrogens is 3. The first-order valence-electron chi connectivity index (χ1n) is 20.0. The number of fused-ring (bicyclic) bond motifs is 3. The first-order valence-corrected chi connectivity index (χ1v) is 20.0. The molecule has 7 aromatic carbocycles. The highest BCUT2D eigenvalue weighted by Crippen LogP contribution is 2.56. The van der Waals surface area contributed by atoms with E-state index < -0.39 is 23.7 Å². The van der Waals surface area contributed by atoms with E-state index >= 15 is 0 Å². The molecule has 0 radical (unpaired) electrons. The number of nitrogens with zero attached hydrogens (tertiary/aromatic N) is 3. The van der Waals surface area contributed by atoms with Crippen molar-refractivity contribution in [2.75, 3.05) is 0 Å². The summed E-state index contributed by atoms with van der Waals surface area (Å²) in [7, 11) is -0.615. The Morgan fingerprint density at radius 1 is 0.379 bits per heavy atom. The van der Waals surface area contributed by atoms with Crippen LogP contribution in [0.1, 0.15) is 49.9 Å². The van der Waals surface area contributed by atoms with Crippen molar-refractivity contribution in [2.24, 2.45) is 0 Å². The van der Waals surface area contributed by atoms with Crippen molar-refractivity contribution in [1.29, 1.82) is 0 Å². The largest absolute Gasteiger partial charge is 0.496 e. The molecule has 0 saturated carbocycles. The van der Waals surface area contributed by atoms with E-state index in [-0.39, 0.29) is 0 Å². The normalized spacial score (nSPS) is 15.8. The van der Waals surface area contributed by atoms with Crippen molar-refractivity contribution in [2.45, 2.75) is 44.3 Å². The molecule has 280 valence electrons. The maximum Gasteiger partial charge on any atom is 0.496 e. The van der Waals surface area contributed by atoms with Gasteiger partial charge in [0.05, 0.1) is 16.6 Å². The van der Waals surface area contributed by atoms with Gasteiger partial charge >= 0.3 is 7.12 Å². The lowest BCUT2D eigenvalue weighted by atomic mass is 9.65. The third-order valence-corrected chi connectivity index (χ3v) is 12.3. The summed E-state index contributed by atoms with van der Waals surface area (Å²) in [6, 6.07) is 64.0. The summed E-state index contributed by atoms with van der Waals surface area (Å²) in [5, 5.41) is 0. The summed E-state index contributed by atoms with van der Waals surface area (Å²) >= 11 is 0. The minimum atomic E-state index is -0.615. The molecule has 6 heteroatoms. The van der Waals surface area contributed by atoms with E-state index in [4.69, 9.17) is 24.3 Å². The minimum Gasteiger partial charge on any atom is -0.399 e. The van der Waals surface area contributed by atoms with E-state index in [1.165, 1.54) is 27.8 Å². The van der Waals surface area contributed by atoms with Crippen LogP contribution in [0, 0.1) is 0 Å². The average Bonchev–Trinajstić information content (AvgIpc) is 3.70. The smallest absolute Gasteiger partial charge is 0.399 e. The fourth-order valence-corrected chi connectivity index (χ4v) is 8.75. The number of hydrogen-bond donors (Lipinski definition) is 0. The molecule has 2 heterocycles. The predicted octanol–water partition coefficient (Wildman–Crippen LogP) is 11.2. The second kappa shape index (κ2) is 13.9. The van der Waals surface area contributed by atoms with Crippen LogP contribution in [0.25, 0.3) is 56.4 Å². The summed E-state index contributed by atoms with van der Waals surface area (Å²) in [6.45, 7) is 8.50. The second-order valence-corrected chi connectivity index (χ2v) is 16.2. The quantitative estimate of drug-likeness (QED) is 0.152. The van der Waals surface area contributed by atoms with Crippen LogP contribution in [0.4, 0.5) is 0 Å². The Kier molecular flexibility index (Phi) is 8.59. The number of benzene rings is 7. The van der Waals surface area contributed by atoms with Crippen molar-refractivity contribution >= 4 is 12.6 Å². The SMILES string of the molecule is CC1(C)OB(c2c(-c3ccc(-c4nc(-c5ccccc5)nc(-c5ccccc5)n4)cc3)ccc3c2-c2ccccc2C3(c2ccccc2)c2ccccc2)OC1(C)C. The molecule has 0 N–H and O–H groups in total. The molecule has 1 aliphatic heterocycles. The molecule has 1 fully saturated rings. The fraction of sp³-hybridized carbons (Fsp3) is 0.135. The molecule has 2 aliphatic rings. The first kappa shape index (κ1) is 35.9. The van der Waals surface area contributed by atoms with Gasteiger partial charge in [-0.1, -0.05) is 182 Å². The predicted molar refractivity (Wildman–Crippen MR) is 235 cm³/mol. The summed E-state index contributed by atoms with van der Waals surface area (Å²) in [4.78, 5) is 14.9. The van der Waals surface area contributed by atoms with Gasteiger partial charge in [-0.2, -0.15) is 0 Å². The van der Waals surface area contributed by atoms with Gasteiger partial charge in [0.25, 0.3) is 0 Å². The third kappa shape index (κ3) is 5.74. The Morgan fingerprint density at radius 3 is 1.29 bits per heavy atom. The highest BCUT2D eigenvalue weighted by molar-refractivity contribution is 6.66. The van der Waals surface area contributed by atoms with Crippen LogP contribution in [0.3, 0.4) is 0 Å². The maximum absolute atomic E-state index is 6.99. The van der Waals surface area contributed by atoms with Gasteiger partial charge in [-0.25, -0.2) is 15.0 Å². The topological polar surface area (TPSA) is 57.1 Å². The van der Waals surface area contributed by atoms with E-state index in [1.54, 1.807) is 0 Å². The molecule has 0 unspecified atom stereocenters. The molecule has 10 rings (SSSR count). The lowest BCUT2D eigenvalue weighted by Crippen LogP contribution is -2.41. The zero-order valence-electron chi connectivity index (χ0n) is 33.1.